The average molecular weight is 374 g/mol. The minimum atomic E-state index is -1.50. The first kappa shape index (κ1) is 14.8. The molecule has 0 N–H and O–H groups in total. The quantitative estimate of drug-likeness (QED) is 0.688. The van der Waals surface area contributed by atoms with Crippen molar-refractivity contribution in [1.82, 2.24) is 19.1 Å². The SMILES string of the molecule is [2H]C([2H])(CCn1nc2ccccn2c1=O)N1CCN(c2cccc(Cl)c2)CC1. The van der Waals surface area contributed by atoms with E-state index in [-0.39, 0.29) is 18.7 Å². The van der Waals surface area contributed by atoms with Crippen LogP contribution < -0.4 is 10.6 Å². The van der Waals surface area contributed by atoms with Crippen LogP contribution in [0.15, 0.2) is 53.5 Å². The van der Waals surface area contributed by atoms with E-state index in [0.29, 0.717) is 23.8 Å². The monoisotopic (exact) mass is 373 g/mol. The molecule has 0 unspecified atom stereocenters. The number of aryl methyl sites for hydroxylation is 1. The summed E-state index contributed by atoms with van der Waals surface area (Å²) in [6.07, 6.45) is 1.87. The molecule has 3 aromatic rings. The van der Waals surface area contributed by atoms with E-state index >= 15 is 0 Å². The molecule has 0 saturated carbocycles. The molecular weight excluding hydrogens is 350 g/mol. The molecule has 0 spiro atoms. The summed E-state index contributed by atoms with van der Waals surface area (Å²) in [5.41, 5.74) is 1.39. The van der Waals surface area contributed by atoms with Crippen LogP contribution in [-0.2, 0) is 6.54 Å². The van der Waals surface area contributed by atoms with Gasteiger partial charge in [-0.15, -0.1) is 5.10 Å². The van der Waals surface area contributed by atoms with Crippen molar-refractivity contribution >= 4 is 22.9 Å². The Hall–Kier alpha value is -2.31. The summed E-state index contributed by atoms with van der Waals surface area (Å²) in [4.78, 5) is 16.4. The van der Waals surface area contributed by atoms with Gasteiger partial charge in [-0.25, -0.2) is 9.48 Å². The van der Waals surface area contributed by atoms with Gasteiger partial charge in [0.25, 0.3) is 0 Å². The summed E-state index contributed by atoms with van der Waals surface area (Å²) in [5, 5.41) is 4.98. The summed E-state index contributed by atoms with van der Waals surface area (Å²) >= 11 is 6.07. The fourth-order valence-electron chi connectivity index (χ4n) is 3.22. The van der Waals surface area contributed by atoms with Crippen molar-refractivity contribution in [3.8, 4) is 0 Å². The van der Waals surface area contributed by atoms with Gasteiger partial charge in [0.15, 0.2) is 5.65 Å². The van der Waals surface area contributed by atoms with E-state index in [1.54, 1.807) is 18.3 Å². The third kappa shape index (κ3) is 3.61. The van der Waals surface area contributed by atoms with Crippen molar-refractivity contribution in [2.45, 2.75) is 13.0 Å². The molecule has 1 aliphatic heterocycles. The molecule has 4 rings (SSSR count). The van der Waals surface area contributed by atoms with Crippen molar-refractivity contribution < 1.29 is 2.74 Å². The highest BCUT2D eigenvalue weighted by atomic mass is 35.5. The van der Waals surface area contributed by atoms with E-state index in [1.807, 2.05) is 35.2 Å². The molecule has 0 amide bonds. The zero-order valence-corrected chi connectivity index (χ0v) is 15.1. The third-order valence-electron chi connectivity index (χ3n) is 4.60. The number of piperazine rings is 1. The molecular formula is C19H22ClN5O. The van der Waals surface area contributed by atoms with Crippen LogP contribution in [0.3, 0.4) is 0 Å². The van der Waals surface area contributed by atoms with Gasteiger partial charge >= 0.3 is 5.69 Å². The Bertz CT molecular complexity index is 1030. The Morgan fingerprint density at radius 2 is 1.96 bits per heavy atom. The minimum Gasteiger partial charge on any atom is -0.369 e. The highest BCUT2D eigenvalue weighted by Gasteiger charge is 2.17. The van der Waals surface area contributed by atoms with E-state index in [2.05, 4.69) is 10.00 Å². The van der Waals surface area contributed by atoms with E-state index in [0.717, 1.165) is 18.8 Å². The average Bonchev–Trinajstić information content (AvgIpc) is 3.03. The second kappa shape index (κ2) is 7.51. The predicted molar refractivity (Wildman–Crippen MR) is 104 cm³/mol. The van der Waals surface area contributed by atoms with E-state index < -0.39 is 6.50 Å². The van der Waals surface area contributed by atoms with Crippen LogP contribution in [0, 0.1) is 0 Å². The molecule has 1 aliphatic rings. The Balaban J connectivity index is 1.39. The highest BCUT2D eigenvalue weighted by Crippen LogP contribution is 2.20. The van der Waals surface area contributed by atoms with Crippen LogP contribution in [0.4, 0.5) is 5.69 Å². The van der Waals surface area contributed by atoms with Gasteiger partial charge < -0.3 is 4.90 Å². The fourth-order valence-corrected chi connectivity index (χ4v) is 3.41. The summed E-state index contributed by atoms with van der Waals surface area (Å²) in [7, 11) is 0. The van der Waals surface area contributed by atoms with Gasteiger partial charge in [0.2, 0.25) is 0 Å². The molecule has 1 aromatic carbocycles. The smallest absolute Gasteiger partial charge is 0.350 e. The molecule has 1 saturated heterocycles. The normalized spacial score (nSPS) is 17.3. The summed E-state index contributed by atoms with van der Waals surface area (Å²) < 4.78 is 19.8. The molecule has 3 heterocycles. The lowest BCUT2D eigenvalue weighted by atomic mass is 10.2. The van der Waals surface area contributed by atoms with Crippen molar-refractivity contribution in [2.75, 3.05) is 37.6 Å². The molecule has 2 aromatic heterocycles. The third-order valence-corrected chi connectivity index (χ3v) is 4.84. The molecule has 1 fully saturated rings. The topological polar surface area (TPSA) is 45.8 Å². The van der Waals surface area contributed by atoms with Gasteiger partial charge in [-0.3, -0.25) is 9.30 Å². The minimum absolute atomic E-state index is 0.202. The van der Waals surface area contributed by atoms with Gasteiger partial charge in [0.1, 0.15) is 0 Å². The maximum absolute atomic E-state index is 12.4. The molecule has 0 atom stereocenters. The summed E-state index contributed by atoms with van der Waals surface area (Å²) in [6.45, 7) is 1.42. The van der Waals surface area contributed by atoms with Crippen molar-refractivity contribution in [2.24, 2.45) is 0 Å². The van der Waals surface area contributed by atoms with Gasteiger partial charge in [-0.2, -0.15) is 0 Å². The molecule has 6 nitrogen and oxygen atoms in total. The Morgan fingerprint density at radius 1 is 1.12 bits per heavy atom. The van der Waals surface area contributed by atoms with E-state index in [9.17, 15) is 4.79 Å². The first-order valence-corrected chi connectivity index (χ1v) is 9.12. The van der Waals surface area contributed by atoms with Crippen LogP contribution in [0.2, 0.25) is 5.02 Å². The maximum atomic E-state index is 12.4. The zero-order valence-electron chi connectivity index (χ0n) is 16.4. The Labute approximate surface area is 160 Å². The van der Waals surface area contributed by atoms with Crippen LogP contribution in [0.25, 0.3) is 5.65 Å². The van der Waals surface area contributed by atoms with Crippen molar-refractivity contribution in [3.63, 3.8) is 0 Å². The van der Waals surface area contributed by atoms with Gasteiger partial charge in [-0.05, 0) is 36.8 Å². The molecule has 7 heteroatoms. The largest absolute Gasteiger partial charge is 0.369 e. The number of fused-ring (bicyclic) bond motifs is 1. The van der Waals surface area contributed by atoms with Crippen LogP contribution in [0.1, 0.15) is 9.16 Å². The summed E-state index contributed by atoms with van der Waals surface area (Å²) in [6, 6.07) is 13.1. The number of halogens is 1. The van der Waals surface area contributed by atoms with Crippen molar-refractivity contribution in [3.05, 3.63) is 64.2 Å². The number of anilines is 1. The molecule has 0 bridgehead atoms. The summed E-state index contributed by atoms with van der Waals surface area (Å²) in [5.74, 6) is 0. The maximum Gasteiger partial charge on any atom is 0.350 e. The van der Waals surface area contributed by atoms with Gasteiger partial charge in [-0.1, -0.05) is 23.7 Å². The van der Waals surface area contributed by atoms with Gasteiger partial charge in [0, 0.05) is 58.9 Å². The predicted octanol–water partition coefficient (Wildman–Crippen LogP) is 2.36. The lowest BCUT2D eigenvalue weighted by Crippen LogP contribution is -2.46. The first-order valence-electron chi connectivity index (χ1n) is 9.74. The van der Waals surface area contributed by atoms with Gasteiger partial charge in [0.05, 0.1) is 0 Å². The molecule has 0 radical (unpaired) electrons. The second-order valence-corrected chi connectivity index (χ2v) is 6.73. The molecule has 26 heavy (non-hydrogen) atoms. The standard InChI is InChI=1S/C19H22ClN5O/c20-16-5-3-6-17(15-16)23-13-11-22(12-14-23)8-4-10-25-19(26)24-9-2-1-7-18(24)21-25/h1-3,5-7,9,15H,4,8,10-14H2/i8D2. The number of pyridine rings is 1. The molecule has 0 aliphatic carbocycles. The fraction of sp³-hybridized carbons (Fsp3) is 0.368. The van der Waals surface area contributed by atoms with Crippen LogP contribution in [0.5, 0.6) is 0 Å². The number of benzene rings is 1. The number of hydrogen-bond acceptors (Lipinski definition) is 4. The molecule has 136 valence electrons. The Morgan fingerprint density at radius 3 is 2.73 bits per heavy atom. The van der Waals surface area contributed by atoms with Crippen LogP contribution in [-0.4, -0.2) is 51.8 Å². The zero-order chi connectivity index (χ0) is 19.7. The first-order chi connectivity index (χ1) is 13.4. The number of nitrogens with zero attached hydrogens (tertiary/aromatic N) is 5. The lowest BCUT2D eigenvalue weighted by molar-refractivity contribution is 0.248. The highest BCUT2D eigenvalue weighted by molar-refractivity contribution is 6.30. The number of rotatable bonds is 5. The van der Waals surface area contributed by atoms with E-state index in [4.69, 9.17) is 14.3 Å². The van der Waals surface area contributed by atoms with Crippen molar-refractivity contribution in [1.29, 1.82) is 0 Å². The second-order valence-electron chi connectivity index (χ2n) is 6.30. The van der Waals surface area contributed by atoms with E-state index in [1.165, 1.54) is 9.08 Å². The lowest BCUT2D eigenvalue weighted by Gasteiger charge is -2.36. The number of hydrogen-bond donors (Lipinski definition) is 0. The Kier molecular flexibility index (Phi) is 4.28. The number of aromatic nitrogens is 3. The van der Waals surface area contributed by atoms with Crippen LogP contribution >= 0.6 is 11.6 Å².